The van der Waals surface area contributed by atoms with E-state index in [4.69, 9.17) is 0 Å². The summed E-state index contributed by atoms with van der Waals surface area (Å²) in [5.41, 5.74) is 2.84. The highest BCUT2D eigenvalue weighted by atomic mass is 31.1. The normalized spacial score (nSPS) is 11.0. The average Bonchev–Trinajstić information content (AvgIpc) is 2.37. The summed E-state index contributed by atoms with van der Waals surface area (Å²) in [6.07, 6.45) is 0. The first-order valence-electron chi connectivity index (χ1n) is 6.53. The van der Waals surface area contributed by atoms with Gasteiger partial charge in [-0.05, 0) is 37.1 Å². The van der Waals surface area contributed by atoms with Crippen molar-refractivity contribution >= 4 is 25.8 Å². The Balaban J connectivity index is 0.000000383. The van der Waals surface area contributed by atoms with Crippen LogP contribution in [0.2, 0.25) is 0 Å². The molecule has 2 aromatic rings. The third-order valence-electron chi connectivity index (χ3n) is 3.10. The summed E-state index contributed by atoms with van der Waals surface area (Å²) in [7, 11) is -6.60. The molecule has 2 aromatic carbocycles. The third kappa shape index (κ3) is 6.30. The van der Waals surface area contributed by atoms with Gasteiger partial charge in [-0.1, -0.05) is 36.4 Å². The smallest absolute Gasteiger partial charge is 0.418 e. The molecule has 0 spiro atoms. The van der Waals surface area contributed by atoms with Gasteiger partial charge < -0.3 is 17.3 Å². The Hall–Kier alpha value is -1.35. The molecule has 0 saturated heterocycles. The maximum Gasteiger partial charge on any atom is 0.673 e. The molecular formula is C15H18BF4P. The van der Waals surface area contributed by atoms with Crippen molar-refractivity contribution in [3.63, 3.8) is 0 Å². The van der Waals surface area contributed by atoms with Crippen molar-refractivity contribution < 1.29 is 17.3 Å². The van der Waals surface area contributed by atoms with Gasteiger partial charge in [0.15, 0.2) is 0 Å². The molecule has 6 heteroatoms. The van der Waals surface area contributed by atoms with Gasteiger partial charge in [0.1, 0.15) is 0 Å². The molecule has 0 fully saturated rings. The van der Waals surface area contributed by atoms with Crippen molar-refractivity contribution in [1.29, 1.82) is 0 Å². The van der Waals surface area contributed by atoms with Gasteiger partial charge in [-0.2, -0.15) is 0 Å². The average molecular weight is 316 g/mol. The molecular weight excluding hydrogens is 298 g/mol. The molecule has 0 saturated carbocycles. The van der Waals surface area contributed by atoms with Gasteiger partial charge in [0.25, 0.3) is 0 Å². The van der Waals surface area contributed by atoms with Crippen LogP contribution in [-0.4, -0.2) is 13.9 Å². The number of halogens is 4. The van der Waals surface area contributed by atoms with Crippen molar-refractivity contribution in [2.75, 3.05) is 6.66 Å². The van der Waals surface area contributed by atoms with E-state index in [1.54, 1.807) is 0 Å². The van der Waals surface area contributed by atoms with Gasteiger partial charge in [0, 0.05) is 0 Å². The van der Waals surface area contributed by atoms with E-state index in [1.807, 2.05) is 0 Å². The summed E-state index contributed by atoms with van der Waals surface area (Å²) in [5.74, 6) is 0. The van der Waals surface area contributed by atoms with E-state index in [9.17, 15) is 17.3 Å². The standard InChI is InChI=1S/C15H17P.BF4/c1-12-8-4-6-10-14(12)16(3)15-11-7-5-9-13(15)2;2-1(3,4)5/h4-11H,1-3H3;/q;-1/p+1. The zero-order valence-corrected chi connectivity index (χ0v) is 13.2. The van der Waals surface area contributed by atoms with Crippen LogP contribution in [0.4, 0.5) is 17.3 Å². The second-order valence-electron chi connectivity index (χ2n) is 4.75. The van der Waals surface area contributed by atoms with Gasteiger partial charge in [0.05, 0.1) is 25.2 Å². The van der Waals surface area contributed by atoms with E-state index in [0.29, 0.717) is 0 Å². The molecule has 0 aromatic heterocycles. The fourth-order valence-corrected chi connectivity index (χ4v) is 4.46. The molecule has 21 heavy (non-hydrogen) atoms. The summed E-state index contributed by atoms with van der Waals surface area (Å²) < 4.78 is 39.0. The van der Waals surface area contributed by atoms with Crippen LogP contribution in [0.1, 0.15) is 11.1 Å². The minimum absolute atomic E-state index is 0.605. The van der Waals surface area contributed by atoms with Crippen LogP contribution in [0.5, 0.6) is 0 Å². The predicted molar refractivity (Wildman–Crippen MR) is 86.1 cm³/mol. The van der Waals surface area contributed by atoms with Crippen LogP contribution in [-0.2, 0) is 0 Å². The zero-order chi connectivity index (χ0) is 16.0. The van der Waals surface area contributed by atoms with Gasteiger partial charge in [-0.25, -0.2) is 0 Å². The molecule has 2 rings (SSSR count). The van der Waals surface area contributed by atoms with Gasteiger partial charge in [0.2, 0.25) is 0 Å². The monoisotopic (exact) mass is 316 g/mol. The highest BCUT2D eigenvalue weighted by Crippen LogP contribution is 2.31. The SMILES string of the molecule is Cc1ccccc1[PH+](C)c1ccccc1C.F[B-](F)(F)F. The van der Waals surface area contributed by atoms with E-state index < -0.39 is 15.2 Å². The van der Waals surface area contributed by atoms with E-state index in [-0.39, 0.29) is 0 Å². The van der Waals surface area contributed by atoms with Crippen molar-refractivity contribution in [2.45, 2.75) is 13.8 Å². The summed E-state index contributed by atoms with van der Waals surface area (Å²) >= 11 is 0. The summed E-state index contributed by atoms with van der Waals surface area (Å²) in [4.78, 5) is 0. The Morgan fingerprint density at radius 2 is 1.00 bits per heavy atom. The highest BCUT2D eigenvalue weighted by Gasteiger charge is 2.20. The lowest BCUT2D eigenvalue weighted by atomic mass is 10.2. The van der Waals surface area contributed by atoms with E-state index in [0.717, 1.165) is 0 Å². The molecule has 0 radical (unpaired) electrons. The van der Waals surface area contributed by atoms with Crippen LogP contribution >= 0.6 is 7.92 Å². The predicted octanol–water partition coefficient (Wildman–Crippen LogP) is 4.40. The quantitative estimate of drug-likeness (QED) is 0.438. The lowest BCUT2D eigenvalue weighted by Crippen LogP contribution is -2.15. The molecule has 0 aliphatic rings. The topological polar surface area (TPSA) is 0 Å². The summed E-state index contributed by atoms with van der Waals surface area (Å²) in [6.45, 7) is 6.80. The second-order valence-corrected chi connectivity index (χ2v) is 7.08. The van der Waals surface area contributed by atoms with Crippen LogP contribution < -0.4 is 10.6 Å². The third-order valence-corrected chi connectivity index (χ3v) is 5.84. The maximum absolute atomic E-state index is 9.75. The number of benzene rings is 2. The molecule has 0 N–H and O–H groups in total. The number of rotatable bonds is 2. The van der Waals surface area contributed by atoms with Crippen molar-refractivity contribution in [3.8, 4) is 0 Å². The Bertz CT molecular complexity index is 532. The van der Waals surface area contributed by atoms with Crippen LogP contribution in [0.25, 0.3) is 0 Å². The molecule has 0 amide bonds. The molecule has 114 valence electrons. The first-order valence-corrected chi connectivity index (χ1v) is 8.53. The Labute approximate surface area is 124 Å². The Morgan fingerprint density at radius 1 is 0.714 bits per heavy atom. The lowest BCUT2D eigenvalue weighted by Gasteiger charge is -2.09. The van der Waals surface area contributed by atoms with E-state index >= 15 is 0 Å². The lowest BCUT2D eigenvalue weighted by molar-refractivity contribution is 0.368. The highest BCUT2D eigenvalue weighted by molar-refractivity contribution is 7.72. The fourth-order valence-electron chi connectivity index (χ4n) is 2.13. The van der Waals surface area contributed by atoms with Gasteiger partial charge in [-0.15, -0.1) is 0 Å². The maximum atomic E-state index is 9.75. The summed E-state index contributed by atoms with van der Waals surface area (Å²) in [5, 5.41) is 3.06. The number of hydrogen-bond acceptors (Lipinski definition) is 0. The van der Waals surface area contributed by atoms with Crippen molar-refractivity contribution in [3.05, 3.63) is 59.7 Å². The largest absolute Gasteiger partial charge is 0.673 e. The minimum atomic E-state index is -6.00. The van der Waals surface area contributed by atoms with Crippen molar-refractivity contribution in [1.82, 2.24) is 0 Å². The van der Waals surface area contributed by atoms with Gasteiger partial charge >= 0.3 is 7.25 Å². The van der Waals surface area contributed by atoms with Crippen LogP contribution in [0, 0.1) is 13.8 Å². The summed E-state index contributed by atoms with van der Waals surface area (Å²) in [6, 6.07) is 17.5. The van der Waals surface area contributed by atoms with Crippen molar-refractivity contribution in [2.24, 2.45) is 0 Å². The van der Waals surface area contributed by atoms with E-state index in [1.165, 1.54) is 21.7 Å². The molecule has 0 heterocycles. The minimum Gasteiger partial charge on any atom is -0.418 e. The molecule has 0 aliphatic heterocycles. The first-order chi connectivity index (χ1) is 9.70. The fraction of sp³-hybridized carbons (Fsp3) is 0.200. The molecule has 0 aliphatic carbocycles. The number of hydrogen-bond donors (Lipinski definition) is 0. The molecule has 0 bridgehead atoms. The molecule has 0 atom stereocenters. The number of aryl methyl sites for hydroxylation is 2. The molecule has 0 unspecified atom stereocenters. The molecule has 0 nitrogen and oxygen atoms in total. The second kappa shape index (κ2) is 7.60. The van der Waals surface area contributed by atoms with E-state index in [2.05, 4.69) is 69.0 Å². The Morgan fingerprint density at radius 3 is 1.29 bits per heavy atom. The van der Waals surface area contributed by atoms with Gasteiger partial charge in [-0.3, -0.25) is 0 Å². The van der Waals surface area contributed by atoms with Crippen LogP contribution in [0.15, 0.2) is 48.5 Å². The Kier molecular flexibility index (Phi) is 6.41. The zero-order valence-electron chi connectivity index (χ0n) is 12.2. The van der Waals surface area contributed by atoms with Crippen LogP contribution in [0.3, 0.4) is 0 Å². The first kappa shape index (κ1) is 17.7.